The highest BCUT2D eigenvalue weighted by Crippen LogP contribution is 2.27. The van der Waals surface area contributed by atoms with Gasteiger partial charge in [-0.25, -0.2) is 13.2 Å². The number of anilines is 1. The maximum absolute atomic E-state index is 13.1. The van der Waals surface area contributed by atoms with Crippen molar-refractivity contribution >= 4 is 32.7 Å². The third-order valence-electron chi connectivity index (χ3n) is 5.12. The molecule has 0 bridgehead atoms. The smallest absolute Gasteiger partial charge is 0.417 e. The van der Waals surface area contributed by atoms with Gasteiger partial charge < -0.3 is 14.5 Å². The highest BCUT2D eigenvalue weighted by atomic mass is 32.2. The van der Waals surface area contributed by atoms with Gasteiger partial charge in [0.15, 0.2) is 5.58 Å². The summed E-state index contributed by atoms with van der Waals surface area (Å²) in [4.78, 5) is 26.5. The van der Waals surface area contributed by atoms with Crippen molar-refractivity contribution in [2.24, 2.45) is 5.92 Å². The van der Waals surface area contributed by atoms with E-state index in [1.807, 2.05) is 0 Å². The fourth-order valence-electron chi connectivity index (χ4n) is 3.56. The van der Waals surface area contributed by atoms with Gasteiger partial charge >= 0.3 is 5.76 Å². The first-order valence-corrected chi connectivity index (χ1v) is 10.9. The molecule has 30 heavy (non-hydrogen) atoms. The maximum Gasteiger partial charge on any atom is 0.417 e. The van der Waals surface area contributed by atoms with E-state index in [1.165, 1.54) is 22.5 Å². The van der Waals surface area contributed by atoms with Gasteiger partial charge in [-0.15, -0.1) is 0 Å². The number of rotatable bonds is 5. The van der Waals surface area contributed by atoms with Gasteiger partial charge in [0.2, 0.25) is 15.9 Å². The van der Waals surface area contributed by atoms with Gasteiger partial charge in [-0.3, -0.25) is 9.78 Å². The van der Waals surface area contributed by atoms with Crippen molar-refractivity contribution in [2.45, 2.75) is 17.7 Å². The van der Waals surface area contributed by atoms with E-state index in [4.69, 9.17) is 9.15 Å². The molecule has 10 heteroatoms. The van der Waals surface area contributed by atoms with Crippen LogP contribution < -0.4 is 15.8 Å². The summed E-state index contributed by atoms with van der Waals surface area (Å²) in [7, 11) is -2.29. The molecule has 158 valence electrons. The number of hydrogen-bond donors (Lipinski definition) is 2. The Bertz CT molecular complexity index is 1250. The second-order valence-electron chi connectivity index (χ2n) is 7.10. The molecule has 3 aromatic rings. The van der Waals surface area contributed by atoms with E-state index >= 15 is 0 Å². The molecule has 0 aliphatic carbocycles. The Kier molecular flexibility index (Phi) is 5.35. The van der Waals surface area contributed by atoms with Crippen LogP contribution in [0.4, 0.5) is 5.69 Å². The van der Waals surface area contributed by atoms with Crippen molar-refractivity contribution in [1.82, 2.24) is 9.29 Å². The minimum atomic E-state index is -3.84. The van der Waals surface area contributed by atoms with Crippen LogP contribution in [0.5, 0.6) is 5.75 Å². The summed E-state index contributed by atoms with van der Waals surface area (Å²) in [6, 6.07) is 11.2. The second-order valence-corrected chi connectivity index (χ2v) is 9.03. The van der Waals surface area contributed by atoms with E-state index < -0.39 is 21.7 Å². The number of sulfonamides is 1. The monoisotopic (exact) mass is 431 g/mol. The molecule has 9 nitrogen and oxygen atoms in total. The number of carbonyl (C=O) groups is 1. The van der Waals surface area contributed by atoms with Crippen LogP contribution in [-0.2, 0) is 14.8 Å². The van der Waals surface area contributed by atoms with Crippen LogP contribution in [0.1, 0.15) is 12.8 Å². The van der Waals surface area contributed by atoms with E-state index in [0.717, 1.165) is 0 Å². The molecule has 1 saturated heterocycles. The van der Waals surface area contributed by atoms with E-state index in [0.29, 0.717) is 36.3 Å². The Labute approximate surface area is 172 Å². The van der Waals surface area contributed by atoms with Crippen LogP contribution in [0.3, 0.4) is 0 Å². The average Bonchev–Trinajstić information content (AvgIpc) is 3.13. The first-order chi connectivity index (χ1) is 14.4. The summed E-state index contributed by atoms with van der Waals surface area (Å²) in [5.74, 6) is -0.747. The molecule has 1 fully saturated rings. The van der Waals surface area contributed by atoms with E-state index in [9.17, 15) is 18.0 Å². The highest BCUT2D eigenvalue weighted by Gasteiger charge is 2.33. The first-order valence-electron chi connectivity index (χ1n) is 9.45. The number of aromatic amines is 1. The molecular formula is C20H21N3O6S. The predicted octanol–water partition coefficient (Wildman–Crippen LogP) is 2.17. The molecule has 1 aromatic heterocycles. The van der Waals surface area contributed by atoms with E-state index in [2.05, 4.69) is 10.3 Å². The van der Waals surface area contributed by atoms with Crippen molar-refractivity contribution in [2.75, 3.05) is 25.5 Å². The molecule has 1 amide bonds. The van der Waals surface area contributed by atoms with E-state index in [-0.39, 0.29) is 22.9 Å². The molecule has 2 N–H and O–H groups in total. The number of fused-ring (bicyclic) bond motifs is 1. The molecule has 4 rings (SSSR count). The summed E-state index contributed by atoms with van der Waals surface area (Å²) in [5, 5.41) is 2.83. The number of methoxy groups -OCH3 is 1. The van der Waals surface area contributed by atoms with E-state index in [1.54, 1.807) is 31.4 Å². The van der Waals surface area contributed by atoms with Crippen molar-refractivity contribution in [3.05, 3.63) is 53.0 Å². The zero-order chi connectivity index (χ0) is 21.3. The van der Waals surface area contributed by atoms with Gasteiger partial charge in [-0.2, -0.15) is 4.31 Å². The molecule has 0 saturated carbocycles. The number of carbonyl (C=O) groups excluding carboxylic acids is 1. The maximum atomic E-state index is 13.1. The van der Waals surface area contributed by atoms with Crippen molar-refractivity contribution in [3.63, 3.8) is 0 Å². The number of hydrogen-bond acceptors (Lipinski definition) is 6. The van der Waals surface area contributed by atoms with Crippen LogP contribution in [0.25, 0.3) is 11.1 Å². The van der Waals surface area contributed by atoms with Gasteiger partial charge in [0, 0.05) is 30.9 Å². The molecule has 0 spiro atoms. The summed E-state index contributed by atoms with van der Waals surface area (Å²) < 4.78 is 37.6. The fourth-order valence-corrected chi connectivity index (χ4v) is 5.09. The van der Waals surface area contributed by atoms with Crippen LogP contribution in [-0.4, -0.2) is 43.8 Å². The number of amides is 1. The number of ether oxygens (including phenoxy) is 1. The Morgan fingerprint density at radius 3 is 2.90 bits per heavy atom. The predicted molar refractivity (Wildman–Crippen MR) is 110 cm³/mol. The van der Waals surface area contributed by atoms with Crippen LogP contribution in [0, 0.1) is 5.92 Å². The Hall–Kier alpha value is -3.11. The van der Waals surface area contributed by atoms with Gasteiger partial charge in [0.1, 0.15) is 5.75 Å². The zero-order valence-electron chi connectivity index (χ0n) is 16.3. The minimum Gasteiger partial charge on any atom is -0.497 e. The topological polar surface area (TPSA) is 122 Å². The van der Waals surface area contributed by atoms with Gasteiger partial charge in [-0.05, 0) is 37.1 Å². The molecule has 0 radical (unpaired) electrons. The minimum absolute atomic E-state index is 0.0200. The molecule has 2 aromatic carbocycles. The summed E-state index contributed by atoms with van der Waals surface area (Å²) in [5.41, 5.74) is 1.19. The lowest BCUT2D eigenvalue weighted by atomic mass is 9.98. The Morgan fingerprint density at radius 1 is 1.27 bits per heavy atom. The number of nitrogens with one attached hydrogen (secondary N) is 2. The lowest BCUT2D eigenvalue weighted by Crippen LogP contribution is -2.43. The number of oxazole rings is 1. The van der Waals surface area contributed by atoms with Crippen molar-refractivity contribution in [3.8, 4) is 5.75 Å². The lowest BCUT2D eigenvalue weighted by molar-refractivity contribution is -0.120. The van der Waals surface area contributed by atoms with Crippen LogP contribution in [0.2, 0.25) is 0 Å². The van der Waals surface area contributed by atoms with Gasteiger partial charge in [0.25, 0.3) is 0 Å². The zero-order valence-corrected chi connectivity index (χ0v) is 17.1. The van der Waals surface area contributed by atoms with Crippen LogP contribution >= 0.6 is 0 Å². The normalized spacial score (nSPS) is 17.7. The average molecular weight is 431 g/mol. The molecule has 1 aliphatic rings. The Morgan fingerprint density at radius 2 is 2.10 bits per heavy atom. The number of aromatic nitrogens is 1. The number of nitrogens with zero attached hydrogens (tertiary/aromatic N) is 1. The molecule has 1 unspecified atom stereocenters. The molecule has 1 aliphatic heterocycles. The summed E-state index contributed by atoms with van der Waals surface area (Å²) >= 11 is 0. The van der Waals surface area contributed by atoms with Gasteiger partial charge in [0.05, 0.1) is 23.4 Å². The summed E-state index contributed by atoms with van der Waals surface area (Å²) in [6.45, 7) is 0.396. The largest absolute Gasteiger partial charge is 0.497 e. The van der Waals surface area contributed by atoms with Crippen molar-refractivity contribution < 1.29 is 22.4 Å². The number of benzene rings is 2. The first kappa shape index (κ1) is 20.2. The third kappa shape index (κ3) is 3.96. The standard InChI is InChI=1S/C20H21N3O6S/c1-28-15-6-2-5-14(10-15)21-19(24)13-4-3-9-23(12-13)30(26,27)16-7-8-17-18(11-16)29-20(25)22-17/h2,5-8,10-11,13H,3-4,9,12H2,1H3,(H,21,24)(H,22,25). The lowest BCUT2D eigenvalue weighted by Gasteiger charge is -2.31. The van der Waals surface area contributed by atoms with Crippen LogP contribution in [0.15, 0.2) is 56.6 Å². The number of piperidine rings is 1. The molecule has 2 heterocycles. The highest BCUT2D eigenvalue weighted by molar-refractivity contribution is 7.89. The molecular weight excluding hydrogens is 410 g/mol. The van der Waals surface area contributed by atoms with Gasteiger partial charge in [-0.1, -0.05) is 6.07 Å². The number of H-pyrrole nitrogens is 1. The summed E-state index contributed by atoms with van der Waals surface area (Å²) in [6.07, 6.45) is 1.16. The molecule has 1 atom stereocenters. The third-order valence-corrected chi connectivity index (χ3v) is 6.98. The quantitative estimate of drug-likeness (QED) is 0.639. The second kappa shape index (κ2) is 7.96. The van der Waals surface area contributed by atoms with Crippen molar-refractivity contribution in [1.29, 1.82) is 0 Å². The fraction of sp³-hybridized carbons (Fsp3) is 0.300. The Balaban J connectivity index is 1.51. The SMILES string of the molecule is COc1cccc(NC(=O)C2CCCN(S(=O)(=O)c3ccc4[nH]c(=O)oc4c3)C2)c1.